The second-order valence-corrected chi connectivity index (χ2v) is 4.94. The Balaban J connectivity index is 1.98. The molecule has 0 bridgehead atoms. The lowest BCUT2D eigenvalue weighted by Gasteiger charge is -2.22. The highest BCUT2D eigenvalue weighted by molar-refractivity contribution is 5.79. The Bertz CT molecular complexity index is 400. The number of carbonyl (C=O) groups excluding carboxylic acids is 1. The van der Waals surface area contributed by atoms with Crippen LogP contribution in [0.1, 0.15) is 18.2 Å². The normalized spacial score (nSPS) is 23.9. The molecule has 4 nitrogen and oxygen atoms in total. The van der Waals surface area contributed by atoms with E-state index in [0.717, 1.165) is 24.4 Å². The third-order valence-corrected chi connectivity index (χ3v) is 3.58. The van der Waals surface area contributed by atoms with E-state index in [1.807, 2.05) is 20.0 Å². The van der Waals surface area contributed by atoms with Crippen molar-refractivity contribution >= 4 is 5.91 Å². The van der Waals surface area contributed by atoms with Gasteiger partial charge in [0, 0.05) is 25.7 Å². The summed E-state index contributed by atoms with van der Waals surface area (Å²) in [4.78, 5) is 14.0. The quantitative estimate of drug-likeness (QED) is 0.863. The molecular weight excluding hydrogens is 216 g/mol. The fourth-order valence-corrected chi connectivity index (χ4v) is 2.33. The van der Waals surface area contributed by atoms with Gasteiger partial charge in [-0.2, -0.15) is 0 Å². The van der Waals surface area contributed by atoms with Crippen LogP contribution in [0.25, 0.3) is 0 Å². The summed E-state index contributed by atoms with van der Waals surface area (Å²) >= 11 is 0. The topological polar surface area (TPSA) is 45.5 Å². The van der Waals surface area contributed by atoms with Crippen LogP contribution in [0.2, 0.25) is 0 Å². The second-order valence-electron chi connectivity index (χ2n) is 4.94. The molecule has 4 heteroatoms. The lowest BCUT2D eigenvalue weighted by Crippen LogP contribution is -2.35. The molecule has 1 fully saturated rings. The lowest BCUT2D eigenvalue weighted by atomic mass is 9.96. The number of carbonyl (C=O) groups is 1. The van der Waals surface area contributed by atoms with E-state index < -0.39 is 0 Å². The summed E-state index contributed by atoms with van der Waals surface area (Å²) < 4.78 is 5.24. The van der Waals surface area contributed by atoms with Crippen molar-refractivity contribution in [3.63, 3.8) is 0 Å². The van der Waals surface area contributed by atoms with Crippen LogP contribution in [0, 0.1) is 18.8 Å². The number of rotatable bonds is 3. The molecular formula is C13H20N2O2. The summed E-state index contributed by atoms with van der Waals surface area (Å²) in [6.07, 6.45) is 1.67. The van der Waals surface area contributed by atoms with Crippen molar-refractivity contribution in [2.75, 3.05) is 20.1 Å². The summed E-state index contributed by atoms with van der Waals surface area (Å²) in [6, 6.07) is 1.93. The van der Waals surface area contributed by atoms with Gasteiger partial charge in [-0.3, -0.25) is 4.79 Å². The first kappa shape index (κ1) is 12.2. The average Bonchev–Trinajstić information content (AvgIpc) is 2.88. The van der Waals surface area contributed by atoms with Crippen molar-refractivity contribution < 1.29 is 9.21 Å². The van der Waals surface area contributed by atoms with Crippen LogP contribution < -0.4 is 5.32 Å². The third kappa shape index (κ3) is 2.52. The number of hydrogen-bond donors (Lipinski definition) is 1. The predicted octanol–water partition coefficient (Wildman–Crippen LogP) is 1.40. The van der Waals surface area contributed by atoms with Crippen molar-refractivity contribution in [1.82, 2.24) is 10.2 Å². The second kappa shape index (κ2) is 4.92. The van der Waals surface area contributed by atoms with Gasteiger partial charge in [-0.25, -0.2) is 0 Å². The van der Waals surface area contributed by atoms with Crippen LogP contribution in [-0.4, -0.2) is 30.9 Å². The summed E-state index contributed by atoms with van der Waals surface area (Å²) in [6.45, 7) is 6.42. The Morgan fingerprint density at radius 2 is 2.35 bits per heavy atom. The molecule has 1 saturated heterocycles. The number of nitrogens with zero attached hydrogens (tertiary/aromatic N) is 1. The molecule has 17 heavy (non-hydrogen) atoms. The van der Waals surface area contributed by atoms with Crippen LogP contribution in [0.4, 0.5) is 0 Å². The van der Waals surface area contributed by atoms with Gasteiger partial charge in [0.15, 0.2) is 0 Å². The van der Waals surface area contributed by atoms with Crippen molar-refractivity contribution in [2.45, 2.75) is 20.4 Å². The minimum Gasteiger partial charge on any atom is -0.469 e. The van der Waals surface area contributed by atoms with Gasteiger partial charge < -0.3 is 14.6 Å². The number of hydrogen-bond acceptors (Lipinski definition) is 3. The van der Waals surface area contributed by atoms with Crippen LogP contribution in [0.3, 0.4) is 0 Å². The highest BCUT2D eigenvalue weighted by Gasteiger charge is 2.31. The molecule has 94 valence electrons. The van der Waals surface area contributed by atoms with E-state index in [2.05, 4.69) is 12.2 Å². The molecule has 1 aromatic heterocycles. The van der Waals surface area contributed by atoms with Gasteiger partial charge >= 0.3 is 0 Å². The minimum atomic E-state index is 0.118. The lowest BCUT2D eigenvalue weighted by molar-refractivity contribution is -0.135. The molecule has 2 rings (SSSR count). The molecule has 0 aromatic carbocycles. The molecule has 0 aliphatic carbocycles. The highest BCUT2D eigenvalue weighted by Crippen LogP contribution is 2.20. The predicted molar refractivity (Wildman–Crippen MR) is 65.4 cm³/mol. The molecule has 0 spiro atoms. The molecule has 0 saturated carbocycles. The maximum Gasteiger partial charge on any atom is 0.227 e. The zero-order valence-corrected chi connectivity index (χ0v) is 10.7. The number of amides is 1. The van der Waals surface area contributed by atoms with Crippen LogP contribution >= 0.6 is 0 Å². The molecule has 1 aliphatic rings. The van der Waals surface area contributed by atoms with Gasteiger partial charge in [0.1, 0.15) is 5.76 Å². The monoisotopic (exact) mass is 236 g/mol. The Labute approximate surface area is 102 Å². The van der Waals surface area contributed by atoms with Gasteiger partial charge in [0.05, 0.1) is 12.2 Å². The molecule has 2 unspecified atom stereocenters. The molecule has 1 amide bonds. The summed E-state index contributed by atoms with van der Waals surface area (Å²) in [5, 5.41) is 3.26. The van der Waals surface area contributed by atoms with E-state index in [-0.39, 0.29) is 11.8 Å². The highest BCUT2D eigenvalue weighted by atomic mass is 16.3. The Morgan fingerprint density at radius 3 is 2.88 bits per heavy atom. The molecule has 1 aromatic rings. The Kier molecular flexibility index (Phi) is 3.52. The van der Waals surface area contributed by atoms with Crippen molar-refractivity contribution in [2.24, 2.45) is 11.8 Å². The van der Waals surface area contributed by atoms with Gasteiger partial charge in [-0.15, -0.1) is 0 Å². The van der Waals surface area contributed by atoms with Gasteiger partial charge in [0.2, 0.25) is 5.91 Å². The molecule has 2 heterocycles. The van der Waals surface area contributed by atoms with Crippen LogP contribution in [0.15, 0.2) is 16.7 Å². The summed E-state index contributed by atoms with van der Waals surface area (Å²) in [5.41, 5.74) is 1.08. The zero-order valence-electron chi connectivity index (χ0n) is 10.7. The van der Waals surface area contributed by atoms with Crippen molar-refractivity contribution in [1.29, 1.82) is 0 Å². The number of aryl methyl sites for hydroxylation is 1. The fraction of sp³-hybridized carbons (Fsp3) is 0.615. The molecule has 2 atom stereocenters. The van der Waals surface area contributed by atoms with E-state index in [1.165, 1.54) is 0 Å². The fourth-order valence-electron chi connectivity index (χ4n) is 2.33. The number of nitrogens with one attached hydrogen (secondary N) is 1. The summed E-state index contributed by atoms with van der Waals surface area (Å²) in [5.74, 6) is 1.66. The maximum absolute atomic E-state index is 12.2. The first-order chi connectivity index (χ1) is 8.09. The Morgan fingerprint density at radius 1 is 1.59 bits per heavy atom. The Hall–Kier alpha value is -1.29. The van der Waals surface area contributed by atoms with Crippen molar-refractivity contribution in [3.05, 3.63) is 23.7 Å². The molecule has 1 N–H and O–H groups in total. The third-order valence-electron chi connectivity index (χ3n) is 3.58. The van der Waals surface area contributed by atoms with E-state index in [4.69, 9.17) is 4.42 Å². The molecule has 0 radical (unpaired) electrons. The van der Waals surface area contributed by atoms with Crippen LogP contribution in [-0.2, 0) is 11.3 Å². The smallest absolute Gasteiger partial charge is 0.227 e. The maximum atomic E-state index is 12.2. The first-order valence-electron chi connectivity index (χ1n) is 6.08. The SMILES string of the molecule is Cc1occc1CN(C)C(=O)C1CNCC1C. The average molecular weight is 236 g/mol. The van der Waals surface area contributed by atoms with E-state index in [1.54, 1.807) is 11.2 Å². The van der Waals surface area contributed by atoms with Gasteiger partial charge in [-0.05, 0) is 25.5 Å². The standard InChI is InChI=1S/C13H20N2O2/c1-9-6-14-7-12(9)13(16)15(3)8-11-4-5-17-10(11)2/h4-5,9,12,14H,6-8H2,1-3H3. The van der Waals surface area contributed by atoms with E-state index >= 15 is 0 Å². The van der Waals surface area contributed by atoms with Crippen molar-refractivity contribution in [3.8, 4) is 0 Å². The van der Waals surface area contributed by atoms with Crippen LogP contribution in [0.5, 0.6) is 0 Å². The number of furan rings is 1. The molecule has 1 aliphatic heterocycles. The van der Waals surface area contributed by atoms with Gasteiger partial charge in [0.25, 0.3) is 0 Å². The van der Waals surface area contributed by atoms with E-state index in [9.17, 15) is 4.79 Å². The largest absolute Gasteiger partial charge is 0.469 e. The zero-order chi connectivity index (χ0) is 12.4. The first-order valence-corrected chi connectivity index (χ1v) is 6.08. The van der Waals surface area contributed by atoms with E-state index in [0.29, 0.717) is 12.5 Å². The van der Waals surface area contributed by atoms with Gasteiger partial charge in [-0.1, -0.05) is 6.92 Å². The summed E-state index contributed by atoms with van der Waals surface area (Å²) in [7, 11) is 1.86. The minimum absolute atomic E-state index is 0.118.